The van der Waals surface area contributed by atoms with Crippen molar-refractivity contribution in [1.29, 1.82) is 0 Å². The number of carboxylic acids is 1. The molecule has 0 aromatic heterocycles. The molecule has 0 unspecified atom stereocenters. The van der Waals surface area contributed by atoms with Crippen molar-refractivity contribution >= 4 is 16.0 Å². The minimum Gasteiger partial charge on any atom is -0.481 e. The van der Waals surface area contributed by atoms with Crippen LogP contribution in [0.5, 0.6) is 0 Å². The van der Waals surface area contributed by atoms with Crippen molar-refractivity contribution in [3.05, 3.63) is 0 Å². The molecule has 6 heteroatoms. The van der Waals surface area contributed by atoms with Gasteiger partial charge in [-0.2, -0.15) is 0 Å². The number of carboxylic acid groups (broad SMARTS) is 1. The van der Waals surface area contributed by atoms with E-state index < -0.39 is 16.0 Å². The highest BCUT2D eigenvalue weighted by Crippen LogP contribution is 2.12. The first-order valence-corrected chi connectivity index (χ1v) is 11.0. The Balaban J connectivity index is 3.07. The van der Waals surface area contributed by atoms with E-state index in [0.29, 0.717) is 13.0 Å². The topological polar surface area (TPSA) is 83.5 Å². The number of carbonyl (C=O) groups is 1. The molecule has 23 heavy (non-hydrogen) atoms. The van der Waals surface area contributed by atoms with Gasteiger partial charge in [-0.1, -0.05) is 70.6 Å². The highest BCUT2D eigenvalue weighted by Gasteiger charge is 1.99. The Labute approximate surface area is 142 Å². The molecule has 0 aromatic rings. The summed E-state index contributed by atoms with van der Waals surface area (Å²) in [5, 5.41) is 8.52. The number of nitrogens with one attached hydrogen (secondary N) is 1. The molecule has 0 aliphatic heterocycles. The molecule has 138 valence electrons. The van der Waals surface area contributed by atoms with Crippen molar-refractivity contribution < 1.29 is 18.3 Å². The van der Waals surface area contributed by atoms with Gasteiger partial charge in [-0.3, -0.25) is 4.79 Å². The molecule has 0 atom stereocenters. The zero-order valence-corrected chi connectivity index (χ0v) is 15.5. The summed E-state index contributed by atoms with van der Waals surface area (Å²) in [6.45, 7) is 0.561. The monoisotopic (exact) mass is 349 g/mol. The van der Waals surface area contributed by atoms with Gasteiger partial charge in [0.05, 0.1) is 6.26 Å². The van der Waals surface area contributed by atoms with Crippen LogP contribution in [0.2, 0.25) is 0 Å². The lowest BCUT2D eigenvalue weighted by atomic mass is 10.0. The van der Waals surface area contributed by atoms with E-state index in [1.165, 1.54) is 57.6 Å². The number of hydrogen-bond acceptors (Lipinski definition) is 3. The van der Waals surface area contributed by atoms with Crippen LogP contribution in [0, 0.1) is 0 Å². The summed E-state index contributed by atoms with van der Waals surface area (Å²) < 4.78 is 24.2. The van der Waals surface area contributed by atoms with Gasteiger partial charge in [-0.25, -0.2) is 13.1 Å². The van der Waals surface area contributed by atoms with Gasteiger partial charge in [0.25, 0.3) is 0 Å². The van der Waals surface area contributed by atoms with E-state index in [4.69, 9.17) is 5.11 Å². The van der Waals surface area contributed by atoms with Crippen LogP contribution in [0.3, 0.4) is 0 Å². The van der Waals surface area contributed by atoms with Crippen molar-refractivity contribution in [3.63, 3.8) is 0 Å². The quantitative estimate of drug-likeness (QED) is 0.388. The van der Waals surface area contributed by atoms with E-state index >= 15 is 0 Å². The molecular formula is C17H35NO4S. The van der Waals surface area contributed by atoms with E-state index in [1.807, 2.05) is 0 Å². The molecule has 0 rings (SSSR count). The minimum absolute atomic E-state index is 0.310. The molecule has 0 aliphatic rings. The van der Waals surface area contributed by atoms with Crippen LogP contribution in [0.1, 0.15) is 89.9 Å². The molecular weight excluding hydrogens is 314 g/mol. The molecule has 2 N–H and O–H groups in total. The van der Waals surface area contributed by atoms with Gasteiger partial charge in [0, 0.05) is 13.0 Å². The maximum absolute atomic E-state index is 10.9. The predicted octanol–water partition coefficient (Wildman–Crippen LogP) is 4.08. The van der Waals surface area contributed by atoms with Crippen LogP contribution in [-0.2, 0) is 14.8 Å². The minimum atomic E-state index is -3.02. The third kappa shape index (κ3) is 21.4. The van der Waals surface area contributed by atoms with Crippen molar-refractivity contribution in [2.75, 3.05) is 12.8 Å². The molecule has 0 fully saturated rings. The lowest BCUT2D eigenvalue weighted by molar-refractivity contribution is -0.137. The number of sulfonamides is 1. The molecule has 0 amide bonds. The fourth-order valence-corrected chi connectivity index (χ4v) is 3.12. The second kappa shape index (κ2) is 14.9. The normalized spacial score (nSPS) is 11.7. The molecule has 0 aliphatic carbocycles. The first kappa shape index (κ1) is 22.4. The predicted molar refractivity (Wildman–Crippen MR) is 95.1 cm³/mol. The van der Waals surface area contributed by atoms with E-state index in [9.17, 15) is 13.2 Å². The summed E-state index contributed by atoms with van der Waals surface area (Å²) in [7, 11) is -3.02. The van der Waals surface area contributed by atoms with Crippen molar-refractivity contribution in [2.24, 2.45) is 0 Å². The standard InChI is InChI=1S/C17H35NO4S/c1-23(21,22)18-16-14-12-10-8-6-4-2-3-5-7-9-11-13-15-17(19)20/h18H,2-16H2,1H3,(H,19,20). The summed E-state index contributed by atoms with van der Waals surface area (Å²) in [6, 6.07) is 0. The SMILES string of the molecule is CS(=O)(=O)NCCCCCCCCCCCCCCCC(=O)O. The molecule has 5 nitrogen and oxygen atoms in total. The van der Waals surface area contributed by atoms with Crippen LogP contribution in [0.25, 0.3) is 0 Å². The molecule has 0 saturated carbocycles. The highest BCUT2D eigenvalue weighted by atomic mass is 32.2. The van der Waals surface area contributed by atoms with Gasteiger partial charge in [-0.05, 0) is 12.8 Å². The Hall–Kier alpha value is -0.620. The van der Waals surface area contributed by atoms with Gasteiger partial charge in [0.2, 0.25) is 10.0 Å². The number of aliphatic carboxylic acids is 1. The Morgan fingerprint density at radius 3 is 1.43 bits per heavy atom. The maximum atomic E-state index is 10.9. The fraction of sp³-hybridized carbons (Fsp3) is 0.941. The van der Waals surface area contributed by atoms with Crippen LogP contribution in [0.4, 0.5) is 0 Å². The molecule has 0 saturated heterocycles. The second-order valence-corrected chi connectivity index (χ2v) is 8.24. The zero-order valence-electron chi connectivity index (χ0n) is 14.7. The van der Waals surface area contributed by atoms with E-state index in [1.54, 1.807) is 0 Å². The van der Waals surface area contributed by atoms with Crippen molar-refractivity contribution in [2.45, 2.75) is 89.9 Å². The zero-order chi connectivity index (χ0) is 17.4. The van der Waals surface area contributed by atoms with Gasteiger partial charge >= 0.3 is 5.97 Å². The lowest BCUT2D eigenvalue weighted by Gasteiger charge is -2.04. The summed E-state index contributed by atoms with van der Waals surface area (Å²) in [4.78, 5) is 10.3. The van der Waals surface area contributed by atoms with E-state index in [2.05, 4.69) is 4.72 Å². The van der Waals surface area contributed by atoms with Crippen LogP contribution < -0.4 is 4.72 Å². The average Bonchev–Trinajstić information content (AvgIpc) is 2.45. The van der Waals surface area contributed by atoms with Gasteiger partial charge in [-0.15, -0.1) is 0 Å². The first-order valence-electron chi connectivity index (χ1n) is 9.08. The maximum Gasteiger partial charge on any atom is 0.303 e. The smallest absolute Gasteiger partial charge is 0.303 e. The molecule has 0 heterocycles. The second-order valence-electron chi connectivity index (χ2n) is 6.41. The van der Waals surface area contributed by atoms with Crippen molar-refractivity contribution in [1.82, 2.24) is 4.72 Å². The van der Waals surface area contributed by atoms with Gasteiger partial charge < -0.3 is 5.11 Å². The molecule has 0 radical (unpaired) electrons. The molecule has 0 spiro atoms. The number of rotatable bonds is 17. The summed E-state index contributed by atoms with van der Waals surface area (Å²) in [6.07, 6.45) is 16.6. The van der Waals surface area contributed by atoms with Gasteiger partial charge in [0.15, 0.2) is 0 Å². The number of unbranched alkanes of at least 4 members (excludes halogenated alkanes) is 12. The highest BCUT2D eigenvalue weighted by molar-refractivity contribution is 7.88. The Bertz CT molecular complexity index is 382. The average molecular weight is 350 g/mol. The Morgan fingerprint density at radius 2 is 1.09 bits per heavy atom. The molecule has 0 aromatic carbocycles. The van der Waals surface area contributed by atoms with E-state index in [0.717, 1.165) is 32.1 Å². The van der Waals surface area contributed by atoms with Crippen LogP contribution in [0.15, 0.2) is 0 Å². The summed E-state index contributed by atoms with van der Waals surface area (Å²) >= 11 is 0. The van der Waals surface area contributed by atoms with Gasteiger partial charge in [0.1, 0.15) is 0 Å². The Kier molecular flexibility index (Phi) is 14.5. The largest absolute Gasteiger partial charge is 0.481 e. The first-order chi connectivity index (χ1) is 10.9. The van der Waals surface area contributed by atoms with Crippen molar-refractivity contribution in [3.8, 4) is 0 Å². The summed E-state index contributed by atoms with van der Waals surface area (Å²) in [5.74, 6) is -0.684. The van der Waals surface area contributed by atoms with Crippen LogP contribution in [-0.4, -0.2) is 32.3 Å². The third-order valence-electron chi connectivity index (χ3n) is 3.93. The van der Waals surface area contributed by atoms with E-state index in [-0.39, 0.29) is 0 Å². The van der Waals surface area contributed by atoms with Crippen LogP contribution >= 0.6 is 0 Å². The molecule has 0 bridgehead atoms. The lowest BCUT2D eigenvalue weighted by Crippen LogP contribution is -2.22. The number of hydrogen-bond donors (Lipinski definition) is 2. The Morgan fingerprint density at radius 1 is 0.739 bits per heavy atom. The fourth-order valence-electron chi connectivity index (χ4n) is 2.60. The summed E-state index contributed by atoms with van der Waals surface area (Å²) in [5.41, 5.74) is 0. The third-order valence-corrected chi connectivity index (χ3v) is 4.66.